The van der Waals surface area contributed by atoms with Crippen LogP contribution >= 0.6 is 0 Å². The minimum Gasteiger partial charge on any atom is -0.491 e. The predicted octanol–water partition coefficient (Wildman–Crippen LogP) is 2.60. The molecule has 0 saturated heterocycles. The SMILES string of the molecule is CC(C)Oc1ccc(OC2CC2)c(N)c1. The number of rotatable bonds is 4. The maximum atomic E-state index is 5.87. The van der Waals surface area contributed by atoms with Crippen LogP contribution in [-0.2, 0) is 0 Å². The van der Waals surface area contributed by atoms with E-state index in [1.165, 1.54) is 0 Å². The summed E-state index contributed by atoms with van der Waals surface area (Å²) in [6.45, 7) is 3.98. The Morgan fingerprint density at radius 2 is 2.07 bits per heavy atom. The number of anilines is 1. The highest BCUT2D eigenvalue weighted by atomic mass is 16.5. The van der Waals surface area contributed by atoms with E-state index in [1.807, 2.05) is 32.0 Å². The molecule has 3 heteroatoms. The maximum absolute atomic E-state index is 5.87. The summed E-state index contributed by atoms with van der Waals surface area (Å²) >= 11 is 0. The summed E-state index contributed by atoms with van der Waals surface area (Å²) in [5.41, 5.74) is 6.52. The van der Waals surface area contributed by atoms with Crippen molar-refractivity contribution in [1.29, 1.82) is 0 Å². The molecule has 0 spiro atoms. The first-order chi connectivity index (χ1) is 7.15. The molecule has 0 amide bonds. The first kappa shape index (κ1) is 10.1. The quantitative estimate of drug-likeness (QED) is 0.772. The largest absolute Gasteiger partial charge is 0.491 e. The van der Waals surface area contributed by atoms with E-state index in [0.717, 1.165) is 24.3 Å². The fraction of sp³-hybridized carbons (Fsp3) is 0.500. The molecule has 0 bridgehead atoms. The van der Waals surface area contributed by atoms with Gasteiger partial charge < -0.3 is 15.2 Å². The van der Waals surface area contributed by atoms with Crippen molar-refractivity contribution in [3.63, 3.8) is 0 Å². The third-order valence-corrected chi connectivity index (χ3v) is 2.17. The lowest BCUT2D eigenvalue weighted by Crippen LogP contribution is -2.06. The van der Waals surface area contributed by atoms with Crippen LogP contribution < -0.4 is 15.2 Å². The van der Waals surface area contributed by atoms with E-state index in [0.29, 0.717) is 11.8 Å². The zero-order chi connectivity index (χ0) is 10.8. The minimum absolute atomic E-state index is 0.166. The Bertz CT molecular complexity index is 345. The standard InChI is InChI=1S/C12H17NO2/c1-8(2)14-10-5-6-12(11(13)7-10)15-9-3-4-9/h5-9H,3-4,13H2,1-2H3. The topological polar surface area (TPSA) is 44.5 Å². The summed E-state index contributed by atoms with van der Waals surface area (Å²) in [4.78, 5) is 0. The van der Waals surface area contributed by atoms with Gasteiger partial charge in [0.25, 0.3) is 0 Å². The number of hydrogen-bond donors (Lipinski definition) is 1. The lowest BCUT2D eigenvalue weighted by atomic mass is 10.3. The molecule has 0 heterocycles. The van der Waals surface area contributed by atoms with E-state index in [-0.39, 0.29) is 6.10 Å². The van der Waals surface area contributed by atoms with Gasteiger partial charge in [-0.3, -0.25) is 0 Å². The Labute approximate surface area is 90.2 Å². The second-order valence-corrected chi connectivity index (χ2v) is 4.18. The Balaban J connectivity index is 2.07. The molecule has 0 atom stereocenters. The molecule has 82 valence electrons. The lowest BCUT2D eigenvalue weighted by Gasteiger charge is -2.12. The molecule has 0 radical (unpaired) electrons. The van der Waals surface area contributed by atoms with E-state index in [2.05, 4.69) is 0 Å². The first-order valence-electron chi connectivity index (χ1n) is 5.38. The predicted molar refractivity (Wildman–Crippen MR) is 60.3 cm³/mol. The highest BCUT2D eigenvalue weighted by Gasteiger charge is 2.24. The summed E-state index contributed by atoms with van der Waals surface area (Å²) in [7, 11) is 0. The number of benzene rings is 1. The molecule has 0 aromatic heterocycles. The average molecular weight is 207 g/mol. The number of ether oxygens (including phenoxy) is 2. The Hall–Kier alpha value is -1.38. The van der Waals surface area contributed by atoms with E-state index >= 15 is 0 Å². The fourth-order valence-electron chi connectivity index (χ4n) is 1.34. The lowest BCUT2D eigenvalue weighted by molar-refractivity contribution is 0.241. The van der Waals surface area contributed by atoms with Crippen molar-refractivity contribution in [2.24, 2.45) is 0 Å². The van der Waals surface area contributed by atoms with Gasteiger partial charge in [0.15, 0.2) is 0 Å². The van der Waals surface area contributed by atoms with E-state index in [4.69, 9.17) is 15.2 Å². The maximum Gasteiger partial charge on any atom is 0.142 e. The van der Waals surface area contributed by atoms with Gasteiger partial charge in [-0.25, -0.2) is 0 Å². The fourth-order valence-corrected chi connectivity index (χ4v) is 1.34. The van der Waals surface area contributed by atoms with Crippen molar-refractivity contribution in [3.8, 4) is 11.5 Å². The molecule has 0 aliphatic heterocycles. The van der Waals surface area contributed by atoms with E-state index in [1.54, 1.807) is 0 Å². The third-order valence-electron chi connectivity index (χ3n) is 2.17. The smallest absolute Gasteiger partial charge is 0.142 e. The van der Waals surface area contributed by atoms with Gasteiger partial charge in [-0.15, -0.1) is 0 Å². The third kappa shape index (κ3) is 2.78. The van der Waals surface area contributed by atoms with Crippen LogP contribution in [-0.4, -0.2) is 12.2 Å². The van der Waals surface area contributed by atoms with Crippen molar-refractivity contribution in [2.45, 2.75) is 38.9 Å². The number of nitrogen functional groups attached to an aromatic ring is 1. The molecule has 2 N–H and O–H groups in total. The Morgan fingerprint density at radius 1 is 1.33 bits per heavy atom. The highest BCUT2D eigenvalue weighted by Crippen LogP contribution is 2.32. The van der Waals surface area contributed by atoms with Crippen LogP contribution in [0.4, 0.5) is 5.69 Å². The molecular weight excluding hydrogens is 190 g/mol. The van der Waals surface area contributed by atoms with Crippen LogP contribution in [0.25, 0.3) is 0 Å². The van der Waals surface area contributed by atoms with Crippen LogP contribution in [0.1, 0.15) is 26.7 Å². The number of hydrogen-bond acceptors (Lipinski definition) is 3. The van der Waals surface area contributed by atoms with E-state index in [9.17, 15) is 0 Å². The zero-order valence-corrected chi connectivity index (χ0v) is 9.19. The van der Waals surface area contributed by atoms with Crippen molar-refractivity contribution in [3.05, 3.63) is 18.2 Å². The van der Waals surface area contributed by atoms with Crippen LogP contribution in [0.15, 0.2) is 18.2 Å². The first-order valence-corrected chi connectivity index (χ1v) is 5.38. The zero-order valence-electron chi connectivity index (χ0n) is 9.19. The molecule has 1 aromatic carbocycles. The summed E-state index contributed by atoms with van der Waals surface area (Å²) in [5, 5.41) is 0. The van der Waals surface area contributed by atoms with Gasteiger partial charge in [0.05, 0.1) is 17.9 Å². The molecule has 1 aliphatic carbocycles. The van der Waals surface area contributed by atoms with Gasteiger partial charge in [-0.05, 0) is 38.8 Å². The Kier molecular flexibility index (Phi) is 2.71. The molecule has 1 saturated carbocycles. The molecular formula is C12H17NO2. The average Bonchev–Trinajstić information content (AvgIpc) is 2.92. The molecule has 2 rings (SSSR count). The summed E-state index contributed by atoms with van der Waals surface area (Å²) < 4.78 is 11.2. The van der Waals surface area contributed by atoms with Crippen LogP contribution in [0.5, 0.6) is 11.5 Å². The van der Waals surface area contributed by atoms with Gasteiger partial charge in [-0.1, -0.05) is 0 Å². The normalized spacial score (nSPS) is 15.4. The van der Waals surface area contributed by atoms with Crippen LogP contribution in [0.2, 0.25) is 0 Å². The van der Waals surface area contributed by atoms with Crippen LogP contribution in [0, 0.1) is 0 Å². The molecule has 0 unspecified atom stereocenters. The monoisotopic (exact) mass is 207 g/mol. The van der Waals surface area contributed by atoms with Gasteiger partial charge in [-0.2, -0.15) is 0 Å². The van der Waals surface area contributed by atoms with Gasteiger partial charge in [0, 0.05) is 6.07 Å². The summed E-state index contributed by atoms with van der Waals surface area (Å²) in [6.07, 6.45) is 2.83. The summed E-state index contributed by atoms with van der Waals surface area (Å²) in [5.74, 6) is 1.57. The second-order valence-electron chi connectivity index (χ2n) is 4.18. The molecule has 15 heavy (non-hydrogen) atoms. The van der Waals surface area contributed by atoms with Crippen molar-refractivity contribution in [2.75, 3.05) is 5.73 Å². The summed E-state index contributed by atoms with van der Waals surface area (Å²) in [6, 6.07) is 5.59. The van der Waals surface area contributed by atoms with E-state index < -0.39 is 0 Å². The van der Waals surface area contributed by atoms with Crippen molar-refractivity contribution < 1.29 is 9.47 Å². The molecule has 1 aromatic rings. The molecule has 1 fully saturated rings. The highest BCUT2D eigenvalue weighted by molar-refractivity contribution is 5.56. The molecule has 1 aliphatic rings. The van der Waals surface area contributed by atoms with Gasteiger partial charge in [0.1, 0.15) is 11.5 Å². The minimum atomic E-state index is 0.166. The van der Waals surface area contributed by atoms with Crippen LogP contribution in [0.3, 0.4) is 0 Å². The van der Waals surface area contributed by atoms with Gasteiger partial charge >= 0.3 is 0 Å². The van der Waals surface area contributed by atoms with Crippen molar-refractivity contribution in [1.82, 2.24) is 0 Å². The van der Waals surface area contributed by atoms with Gasteiger partial charge in [0.2, 0.25) is 0 Å². The van der Waals surface area contributed by atoms with Crippen molar-refractivity contribution >= 4 is 5.69 Å². The number of nitrogens with two attached hydrogens (primary N) is 1. The molecule has 3 nitrogen and oxygen atoms in total. The second kappa shape index (κ2) is 4.01. The Morgan fingerprint density at radius 3 is 2.60 bits per heavy atom.